The van der Waals surface area contributed by atoms with E-state index in [1.807, 2.05) is 0 Å². The predicted molar refractivity (Wildman–Crippen MR) is 53.5 cm³/mol. The zero-order chi connectivity index (χ0) is 10.8. The molecule has 1 aliphatic carbocycles. The Morgan fingerprint density at radius 2 is 2.27 bits per heavy atom. The molecule has 0 radical (unpaired) electrons. The highest BCUT2D eigenvalue weighted by Gasteiger charge is 2.23. The van der Waals surface area contributed by atoms with Gasteiger partial charge in [-0.15, -0.1) is 10.2 Å². The van der Waals surface area contributed by atoms with Gasteiger partial charge in [-0.05, 0) is 19.8 Å². The summed E-state index contributed by atoms with van der Waals surface area (Å²) in [7, 11) is 0. The summed E-state index contributed by atoms with van der Waals surface area (Å²) in [5.74, 6) is 0.200. The Morgan fingerprint density at radius 3 is 2.87 bits per heavy atom. The van der Waals surface area contributed by atoms with E-state index in [1.165, 1.54) is 6.33 Å². The van der Waals surface area contributed by atoms with Crippen molar-refractivity contribution < 1.29 is 9.90 Å². The summed E-state index contributed by atoms with van der Waals surface area (Å²) in [6.45, 7) is 1.64. The van der Waals surface area contributed by atoms with Crippen molar-refractivity contribution in [3.63, 3.8) is 0 Å². The van der Waals surface area contributed by atoms with Gasteiger partial charge in [-0.3, -0.25) is 0 Å². The highest BCUT2D eigenvalue weighted by molar-refractivity contribution is 5.71. The van der Waals surface area contributed by atoms with Gasteiger partial charge in [0.1, 0.15) is 18.2 Å². The van der Waals surface area contributed by atoms with Crippen LogP contribution in [0.3, 0.4) is 0 Å². The van der Waals surface area contributed by atoms with Crippen LogP contribution >= 0.6 is 0 Å². The Kier molecular flexibility index (Phi) is 2.53. The maximum Gasteiger partial charge on any atom is 0.326 e. The van der Waals surface area contributed by atoms with Gasteiger partial charge in [0.05, 0.1) is 0 Å². The van der Waals surface area contributed by atoms with Crippen molar-refractivity contribution in [2.75, 3.05) is 0 Å². The average molecular weight is 207 g/mol. The number of hydrogen-bond donors (Lipinski definition) is 1. The summed E-state index contributed by atoms with van der Waals surface area (Å²) >= 11 is 0. The van der Waals surface area contributed by atoms with Crippen molar-refractivity contribution in [3.05, 3.63) is 24.3 Å². The molecule has 5 nitrogen and oxygen atoms in total. The van der Waals surface area contributed by atoms with Crippen LogP contribution in [0.2, 0.25) is 0 Å². The smallest absolute Gasteiger partial charge is 0.326 e. The van der Waals surface area contributed by atoms with Gasteiger partial charge >= 0.3 is 5.97 Å². The molecule has 1 N–H and O–H groups in total. The lowest BCUT2D eigenvalue weighted by Gasteiger charge is -2.14. The van der Waals surface area contributed by atoms with Crippen molar-refractivity contribution >= 4 is 5.97 Å². The van der Waals surface area contributed by atoms with E-state index in [0.717, 1.165) is 18.7 Å². The number of nitrogens with zero attached hydrogens (tertiary/aromatic N) is 3. The predicted octanol–water partition coefficient (Wildman–Crippen LogP) is 1.36. The highest BCUT2D eigenvalue weighted by Crippen LogP contribution is 2.28. The van der Waals surface area contributed by atoms with Gasteiger partial charge in [0, 0.05) is 5.92 Å². The van der Waals surface area contributed by atoms with Gasteiger partial charge in [0.2, 0.25) is 0 Å². The van der Waals surface area contributed by atoms with Crippen LogP contribution in [0.15, 0.2) is 18.5 Å². The molecule has 0 bridgehead atoms. The standard InChI is InChI=1S/C10H13N3O2/c1-7(10(14)15)13-6-11-12-9(13)8-4-2-3-5-8/h2-3,6-8H,4-5H2,1H3,(H,14,15). The van der Waals surface area contributed by atoms with Crippen LogP contribution in [0.5, 0.6) is 0 Å². The fraction of sp³-hybridized carbons (Fsp3) is 0.500. The van der Waals surface area contributed by atoms with Gasteiger partial charge < -0.3 is 9.67 Å². The maximum atomic E-state index is 10.9. The van der Waals surface area contributed by atoms with Crippen molar-refractivity contribution in [1.82, 2.24) is 14.8 Å². The summed E-state index contributed by atoms with van der Waals surface area (Å²) in [5.41, 5.74) is 0. The van der Waals surface area contributed by atoms with Crippen LogP contribution in [0.4, 0.5) is 0 Å². The van der Waals surface area contributed by atoms with E-state index in [-0.39, 0.29) is 5.92 Å². The Balaban J connectivity index is 2.25. The van der Waals surface area contributed by atoms with Crippen molar-refractivity contribution in [2.24, 2.45) is 0 Å². The second-order valence-electron chi connectivity index (χ2n) is 3.75. The highest BCUT2D eigenvalue weighted by atomic mass is 16.4. The lowest BCUT2D eigenvalue weighted by Crippen LogP contribution is -2.18. The third kappa shape index (κ3) is 1.77. The van der Waals surface area contributed by atoms with Crippen LogP contribution < -0.4 is 0 Å². The van der Waals surface area contributed by atoms with Gasteiger partial charge in [0.15, 0.2) is 0 Å². The third-order valence-electron chi connectivity index (χ3n) is 2.75. The largest absolute Gasteiger partial charge is 0.480 e. The fourth-order valence-electron chi connectivity index (χ4n) is 1.79. The second-order valence-corrected chi connectivity index (χ2v) is 3.75. The summed E-state index contributed by atoms with van der Waals surface area (Å²) in [4.78, 5) is 10.9. The Bertz CT molecular complexity index is 389. The first-order chi connectivity index (χ1) is 7.20. The van der Waals surface area contributed by atoms with Crippen molar-refractivity contribution in [1.29, 1.82) is 0 Å². The molecule has 0 spiro atoms. The molecule has 2 rings (SSSR count). The molecule has 1 unspecified atom stereocenters. The van der Waals surface area contributed by atoms with Gasteiger partial charge in [-0.1, -0.05) is 12.2 Å². The summed E-state index contributed by atoms with van der Waals surface area (Å²) in [6.07, 6.45) is 7.52. The molecule has 0 fully saturated rings. The fourth-order valence-corrected chi connectivity index (χ4v) is 1.79. The number of hydrogen-bond acceptors (Lipinski definition) is 3. The molecular formula is C10H13N3O2. The number of carboxylic acid groups (broad SMARTS) is 1. The number of aromatic nitrogens is 3. The first-order valence-electron chi connectivity index (χ1n) is 4.97. The Hall–Kier alpha value is -1.65. The third-order valence-corrected chi connectivity index (χ3v) is 2.75. The quantitative estimate of drug-likeness (QED) is 0.760. The topological polar surface area (TPSA) is 68.0 Å². The molecule has 0 amide bonds. The lowest BCUT2D eigenvalue weighted by molar-refractivity contribution is -0.140. The van der Waals surface area contributed by atoms with Crippen LogP contribution in [-0.4, -0.2) is 25.8 Å². The maximum absolute atomic E-state index is 10.9. The molecule has 0 aliphatic heterocycles. The molecule has 0 aromatic carbocycles. The molecule has 80 valence electrons. The molecule has 1 aromatic rings. The molecular weight excluding hydrogens is 194 g/mol. The van der Waals surface area contributed by atoms with E-state index >= 15 is 0 Å². The number of allylic oxidation sites excluding steroid dienone is 2. The zero-order valence-electron chi connectivity index (χ0n) is 8.50. The Morgan fingerprint density at radius 1 is 1.60 bits per heavy atom. The monoisotopic (exact) mass is 207 g/mol. The van der Waals surface area contributed by atoms with Gasteiger partial charge in [0.25, 0.3) is 0 Å². The molecule has 1 aromatic heterocycles. The minimum atomic E-state index is -0.859. The van der Waals surface area contributed by atoms with Crippen molar-refractivity contribution in [3.8, 4) is 0 Å². The van der Waals surface area contributed by atoms with E-state index in [4.69, 9.17) is 5.11 Å². The van der Waals surface area contributed by atoms with Crippen LogP contribution in [-0.2, 0) is 4.79 Å². The molecule has 1 heterocycles. The summed E-state index contributed by atoms with van der Waals surface area (Å²) < 4.78 is 1.64. The lowest BCUT2D eigenvalue weighted by atomic mass is 10.1. The number of carbonyl (C=O) groups is 1. The average Bonchev–Trinajstić information content (AvgIpc) is 2.86. The van der Waals surface area contributed by atoms with Crippen LogP contribution in [0.1, 0.15) is 37.5 Å². The number of aliphatic carboxylic acids is 1. The molecule has 0 saturated heterocycles. The first kappa shape index (κ1) is 9.89. The number of rotatable bonds is 3. The van der Waals surface area contributed by atoms with Crippen molar-refractivity contribution in [2.45, 2.75) is 31.7 Å². The van der Waals surface area contributed by atoms with Gasteiger partial charge in [-0.2, -0.15) is 0 Å². The normalized spacial score (nSPS) is 18.2. The Labute approximate surface area is 87.4 Å². The minimum Gasteiger partial charge on any atom is -0.480 e. The molecule has 5 heteroatoms. The molecule has 1 aliphatic rings. The molecule has 1 atom stereocenters. The second kappa shape index (κ2) is 3.84. The summed E-state index contributed by atoms with van der Waals surface area (Å²) in [6, 6.07) is -0.601. The van der Waals surface area contributed by atoms with E-state index in [9.17, 15) is 4.79 Å². The number of carboxylic acids is 1. The van der Waals surface area contributed by atoms with E-state index in [0.29, 0.717) is 0 Å². The van der Waals surface area contributed by atoms with E-state index in [2.05, 4.69) is 22.3 Å². The van der Waals surface area contributed by atoms with Crippen LogP contribution in [0, 0.1) is 0 Å². The minimum absolute atomic E-state index is 0.286. The summed E-state index contributed by atoms with van der Waals surface area (Å²) in [5, 5.41) is 16.7. The van der Waals surface area contributed by atoms with Crippen LogP contribution in [0.25, 0.3) is 0 Å². The van der Waals surface area contributed by atoms with E-state index in [1.54, 1.807) is 11.5 Å². The first-order valence-corrected chi connectivity index (χ1v) is 4.97. The SMILES string of the molecule is CC(C(=O)O)n1cnnc1C1CC=CC1. The van der Waals surface area contributed by atoms with E-state index < -0.39 is 12.0 Å². The van der Waals surface area contributed by atoms with Gasteiger partial charge in [-0.25, -0.2) is 4.79 Å². The zero-order valence-corrected chi connectivity index (χ0v) is 8.50. The molecule has 15 heavy (non-hydrogen) atoms. The molecule has 0 saturated carbocycles.